The number of phenolic OH excluding ortho intramolecular Hbond substituents is 1. The highest BCUT2D eigenvalue weighted by atomic mass is 16.6. The summed E-state index contributed by atoms with van der Waals surface area (Å²) in [7, 11) is 3.32. The van der Waals surface area contributed by atoms with Crippen molar-refractivity contribution in [2.45, 2.75) is 11.8 Å². The minimum atomic E-state index is -0.0328. The fraction of sp³-hybridized carbons (Fsp3) is 0.143. The van der Waals surface area contributed by atoms with Gasteiger partial charge < -0.3 is 19.4 Å². The molecule has 5 nitrogen and oxygen atoms in total. The fourth-order valence-corrected chi connectivity index (χ4v) is 4.21. The molecule has 3 N–H and O–H groups in total. The Morgan fingerprint density at radius 2 is 0.818 bits per heavy atom. The number of hydrogen-bond donors (Lipinski definition) is 2. The average molecular weight is 442 g/mol. The van der Waals surface area contributed by atoms with Gasteiger partial charge in [0.05, 0.1) is 14.2 Å². The average Bonchev–Trinajstić information content (AvgIpc) is 2.88. The maximum absolute atomic E-state index is 9.91. The largest absolute Gasteiger partial charge is 0.508 e. The quantitative estimate of drug-likeness (QED) is 0.347. The number of ether oxygens (including phenoxy) is 2. The van der Waals surface area contributed by atoms with Gasteiger partial charge >= 0.3 is 0 Å². The van der Waals surface area contributed by atoms with Gasteiger partial charge in [-0.15, -0.1) is 0 Å². The summed E-state index contributed by atoms with van der Waals surface area (Å²) in [5.41, 5.74) is 4.44. The van der Waals surface area contributed by atoms with E-state index in [1.54, 1.807) is 26.4 Å². The van der Waals surface area contributed by atoms with Gasteiger partial charge in [0.1, 0.15) is 23.0 Å². The summed E-state index contributed by atoms with van der Waals surface area (Å²) < 4.78 is 10.8. The van der Waals surface area contributed by atoms with Crippen molar-refractivity contribution in [3.05, 3.63) is 119 Å². The molecule has 0 aliphatic carbocycles. The number of aromatic hydroxyl groups is 1. The third kappa shape index (κ3) is 4.94. The lowest BCUT2D eigenvalue weighted by atomic mass is 9.73. The van der Waals surface area contributed by atoms with E-state index in [9.17, 15) is 5.11 Å². The van der Waals surface area contributed by atoms with Crippen molar-refractivity contribution in [2.24, 2.45) is 5.90 Å². The van der Waals surface area contributed by atoms with Gasteiger partial charge in [-0.05, 0) is 70.8 Å². The van der Waals surface area contributed by atoms with E-state index in [4.69, 9.17) is 20.2 Å². The van der Waals surface area contributed by atoms with Crippen LogP contribution in [0.1, 0.15) is 34.1 Å². The Kier molecular flexibility index (Phi) is 6.81. The van der Waals surface area contributed by atoms with Crippen molar-refractivity contribution in [3.63, 3.8) is 0 Å². The third-order valence-electron chi connectivity index (χ3n) is 5.91. The van der Waals surface area contributed by atoms with E-state index in [0.29, 0.717) is 5.75 Å². The highest BCUT2D eigenvalue weighted by Crippen LogP contribution is 2.44. The zero-order chi connectivity index (χ0) is 23.2. The van der Waals surface area contributed by atoms with Crippen LogP contribution in [0.3, 0.4) is 0 Å². The van der Waals surface area contributed by atoms with Crippen LogP contribution < -0.4 is 20.2 Å². The van der Waals surface area contributed by atoms with E-state index in [1.807, 2.05) is 60.7 Å². The normalized spacial score (nSPS) is 12.6. The van der Waals surface area contributed by atoms with Gasteiger partial charge in [-0.2, -0.15) is 5.90 Å². The summed E-state index contributed by atoms with van der Waals surface area (Å²) in [6.45, 7) is 0. The Morgan fingerprint density at radius 1 is 0.515 bits per heavy atom. The molecular formula is C28H27NO4. The predicted molar refractivity (Wildman–Crippen MR) is 129 cm³/mol. The van der Waals surface area contributed by atoms with Gasteiger partial charge in [-0.25, -0.2) is 0 Å². The van der Waals surface area contributed by atoms with E-state index in [2.05, 4.69) is 24.3 Å². The van der Waals surface area contributed by atoms with Crippen molar-refractivity contribution in [1.82, 2.24) is 0 Å². The molecule has 0 saturated heterocycles. The van der Waals surface area contributed by atoms with Gasteiger partial charge in [0, 0.05) is 11.8 Å². The van der Waals surface area contributed by atoms with Gasteiger partial charge in [0.2, 0.25) is 0 Å². The summed E-state index contributed by atoms with van der Waals surface area (Å²) in [5.74, 6) is 7.72. The number of phenols is 1. The molecule has 2 unspecified atom stereocenters. The molecule has 0 fully saturated rings. The zero-order valence-electron chi connectivity index (χ0n) is 18.6. The smallest absolute Gasteiger partial charge is 0.146 e. The second-order valence-electron chi connectivity index (χ2n) is 7.78. The summed E-state index contributed by atoms with van der Waals surface area (Å²) in [6, 6.07) is 31.4. The lowest BCUT2D eigenvalue weighted by Gasteiger charge is -2.30. The second kappa shape index (κ2) is 10.1. The molecule has 0 bridgehead atoms. The van der Waals surface area contributed by atoms with Crippen LogP contribution in [0, 0.1) is 0 Å². The van der Waals surface area contributed by atoms with Crippen LogP contribution in [-0.4, -0.2) is 19.3 Å². The molecule has 0 aromatic heterocycles. The Hall–Kier alpha value is -3.96. The zero-order valence-corrected chi connectivity index (χ0v) is 18.6. The maximum atomic E-state index is 9.91. The van der Waals surface area contributed by atoms with Crippen molar-refractivity contribution < 1.29 is 19.4 Å². The number of methoxy groups -OCH3 is 2. The van der Waals surface area contributed by atoms with E-state index in [-0.39, 0.29) is 17.6 Å². The molecule has 0 heterocycles. The molecule has 0 amide bonds. The van der Waals surface area contributed by atoms with E-state index in [1.165, 1.54) is 0 Å². The second-order valence-corrected chi connectivity index (χ2v) is 7.78. The Balaban J connectivity index is 1.90. The molecule has 4 aromatic rings. The third-order valence-corrected chi connectivity index (χ3v) is 5.91. The van der Waals surface area contributed by atoms with Crippen molar-refractivity contribution in [1.29, 1.82) is 0 Å². The molecule has 4 aromatic carbocycles. The summed E-state index contributed by atoms with van der Waals surface area (Å²) in [4.78, 5) is 4.90. The summed E-state index contributed by atoms with van der Waals surface area (Å²) in [6.07, 6.45) is 0. The highest BCUT2D eigenvalue weighted by molar-refractivity contribution is 5.48. The van der Waals surface area contributed by atoms with E-state index >= 15 is 0 Å². The summed E-state index contributed by atoms with van der Waals surface area (Å²) >= 11 is 0. The van der Waals surface area contributed by atoms with Crippen LogP contribution >= 0.6 is 0 Å². The van der Waals surface area contributed by atoms with Crippen LogP contribution in [0.5, 0.6) is 23.0 Å². The first-order chi connectivity index (χ1) is 16.1. The predicted octanol–water partition coefficient (Wildman–Crippen LogP) is 5.63. The first-order valence-corrected chi connectivity index (χ1v) is 10.7. The van der Waals surface area contributed by atoms with Gasteiger partial charge in [0.25, 0.3) is 0 Å². The molecule has 33 heavy (non-hydrogen) atoms. The molecule has 0 radical (unpaired) electrons. The highest BCUT2D eigenvalue weighted by Gasteiger charge is 2.28. The Labute approximate surface area is 193 Å². The van der Waals surface area contributed by atoms with E-state index in [0.717, 1.165) is 33.8 Å². The lowest BCUT2D eigenvalue weighted by molar-refractivity contribution is 0.334. The standard InChI is InChI=1S/C28H27NO4/c1-31-24-13-5-20(6-14-24)27(19-3-11-23(30)12-4-19)28(21-7-15-25(32-2)16-8-21)22-9-17-26(33-29)18-10-22/h3-18,27-28,30H,29H2,1-2H3. The number of rotatable bonds is 8. The van der Waals surface area contributed by atoms with E-state index < -0.39 is 0 Å². The van der Waals surface area contributed by atoms with Crippen LogP contribution in [0.15, 0.2) is 97.1 Å². The maximum Gasteiger partial charge on any atom is 0.146 e. The topological polar surface area (TPSA) is 73.9 Å². The number of hydrogen-bond acceptors (Lipinski definition) is 5. The molecule has 0 saturated carbocycles. The minimum Gasteiger partial charge on any atom is -0.508 e. The van der Waals surface area contributed by atoms with Crippen molar-refractivity contribution in [2.75, 3.05) is 14.2 Å². The Bertz CT molecular complexity index is 1110. The first kappa shape index (κ1) is 22.2. The molecule has 0 aliphatic heterocycles. The lowest BCUT2D eigenvalue weighted by Crippen LogP contribution is -2.15. The van der Waals surface area contributed by atoms with Crippen LogP contribution in [-0.2, 0) is 0 Å². The molecule has 0 spiro atoms. The van der Waals surface area contributed by atoms with Gasteiger partial charge in [-0.1, -0.05) is 48.5 Å². The Morgan fingerprint density at radius 3 is 1.12 bits per heavy atom. The van der Waals surface area contributed by atoms with Crippen molar-refractivity contribution >= 4 is 0 Å². The molecule has 0 aliphatic rings. The van der Waals surface area contributed by atoms with Crippen LogP contribution in [0.4, 0.5) is 0 Å². The monoisotopic (exact) mass is 441 g/mol. The van der Waals surface area contributed by atoms with Gasteiger partial charge in [0.15, 0.2) is 0 Å². The fourth-order valence-electron chi connectivity index (χ4n) is 4.21. The minimum absolute atomic E-state index is 0.0272. The number of benzene rings is 4. The molecular weight excluding hydrogens is 414 g/mol. The summed E-state index contributed by atoms with van der Waals surface area (Å²) in [5, 5.41) is 9.91. The molecule has 2 atom stereocenters. The first-order valence-electron chi connectivity index (χ1n) is 10.7. The molecule has 168 valence electrons. The van der Waals surface area contributed by atoms with Crippen LogP contribution in [0.2, 0.25) is 0 Å². The van der Waals surface area contributed by atoms with Crippen molar-refractivity contribution in [3.8, 4) is 23.0 Å². The molecule has 4 rings (SSSR count). The number of nitrogens with two attached hydrogens (primary N) is 1. The van der Waals surface area contributed by atoms with Gasteiger partial charge in [-0.3, -0.25) is 0 Å². The van der Waals surface area contributed by atoms with Crippen LogP contribution in [0.25, 0.3) is 0 Å². The SMILES string of the molecule is COc1ccc(C(c2ccc(O)cc2)C(c2ccc(OC)cc2)c2ccc(ON)cc2)cc1. The molecule has 5 heteroatoms.